The van der Waals surface area contributed by atoms with Crippen molar-refractivity contribution in [1.82, 2.24) is 0 Å². The molecule has 7 aromatic carbocycles. The molecule has 2 nitrogen and oxygen atoms in total. The first kappa shape index (κ1) is 23.5. The maximum Gasteiger partial charge on any atom is 0.137 e. The van der Waals surface area contributed by atoms with E-state index in [1.807, 2.05) is 12.1 Å². The van der Waals surface area contributed by atoms with Gasteiger partial charge in [0.25, 0.3) is 0 Å². The average Bonchev–Trinajstić information content (AvgIpc) is 3.40. The highest BCUT2D eigenvalue weighted by atomic mass is 16.3. The standard InChI is InChI=1S/C39H27NO/c1-26-10-2-8-16-35(26)40(31-21-22-34-33-15-7-9-17-37(33)41-38(34)25-31)36-23-20-28-12-5-6-14-32(28)39(36)30-19-18-27-11-3-4-13-29(27)24-30/h2-25H,1H3. The summed E-state index contributed by atoms with van der Waals surface area (Å²) in [6, 6.07) is 52.0. The SMILES string of the molecule is Cc1ccccc1N(c1ccc2c(c1)oc1ccccc12)c1ccc2ccccc2c1-c1ccc2ccccc2c1. The Balaban J connectivity index is 1.44. The molecule has 0 radical (unpaired) electrons. The van der Waals surface area contributed by atoms with E-state index in [0.717, 1.165) is 39.0 Å². The van der Waals surface area contributed by atoms with Gasteiger partial charge in [-0.15, -0.1) is 0 Å². The van der Waals surface area contributed by atoms with E-state index >= 15 is 0 Å². The van der Waals surface area contributed by atoms with Gasteiger partial charge in [0.1, 0.15) is 11.2 Å². The van der Waals surface area contributed by atoms with Crippen molar-refractivity contribution in [2.24, 2.45) is 0 Å². The van der Waals surface area contributed by atoms with Crippen molar-refractivity contribution in [3.05, 3.63) is 151 Å². The molecule has 0 unspecified atom stereocenters. The lowest BCUT2D eigenvalue weighted by molar-refractivity contribution is 0.669. The van der Waals surface area contributed by atoms with E-state index in [1.54, 1.807) is 0 Å². The minimum Gasteiger partial charge on any atom is -0.456 e. The van der Waals surface area contributed by atoms with E-state index in [2.05, 4.69) is 145 Å². The van der Waals surface area contributed by atoms with Gasteiger partial charge in [-0.1, -0.05) is 103 Å². The highest BCUT2D eigenvalue weighted by molar-refractivity contribution is 6.09. The van der Waals surface area contributed by atoms with Crippen LogP contribution in [-0.2, 0) is 0 Å². The van der Waals surface area contributed by atoms with Crippen LogP contribution in [0, 0.1) is 6.92 Å². The number of aryl methyl sites for hydroxylation is 1. The molecule has 0 aliphatic rings. The highest BCUT2D eigenvalue weighted by Gasteiger charge is 2.22. The van der Waals surface area contributed by atoms with Gasteiger partial charge in [0.05, 0.1) is 5.69 Å². The van der Waals surface area contributed by atoms with Crippen LogP contribution >= 0.6 is 0 Å². The Bertz CT molecular complexity index is 2240. The molecule has 0 fully saturated rings. The van der Waals surface area contributed by atoms with Crippen molar-refractivity contribution in [3.63, 3.8) is 0 Å². The molecule has 0 saturated carbocycles. The molecule has 41 heavy (non-hydrogen) atoms. The lowest BCUT2D eigenvalue weighted by Crippen LogP contribution is -2.12. The lowest BCUT2D eigenvalue weighted by Gasteiger charge is -2.30. The Hall–Kier alpha value is -5.34. The fraction of sp³-hybridized carbons (Fsp3) is 0.0256. The van der Waals surface area contributed by atoms with Gasteiger partial charge in [-0.3, -0.25) is 0 Å². The number of fused-ring (bicyclic) bond motifs is 5. The second-order valence-electron chi connectivity index (χ2n) is 10.6. The summed E-state index contributed by atoms with van der Waals surface area (Å²) in [7, 11) is 0. The van der Waals surface area contributed by atoms with Gasteiger partial charge in [-0.2, -0.15) is 0 Å². The third-order valence-corrected chi connectivity index (χ3v) is 8.16. The van der Waals surface area contributed by atoms with E-state index < -0.39 is 0 Å². The van der Waals surface area contributed by atoms with Gasteiger partial charge in [0, 0.05) is 33.8 Å². The zero-order valence-electron chi connectivity index (χ0n) is 22.7. The third-order valence-electron chi connectivity index (χ3n) is 8.16. The zero-order chi connectivity index (χ0) is 27.3. The molecular weight excluding hydrogens is 498 g/mol. The van der Waals surface area contributed by atoms with E-state index in [0.29, 0.717) is 0 Å². The molecule has 0 N–H and O–H groups in total. The molecular formula is C39H27NO. The zero-order valence-corrected chi connectivity index (χ0v) is 22.7. The molecule has 0 spiro atoms. The van der Waals surface area contributed by atoms with Crippen molar-refractivity contribution in [1.29, 1.82) is 0 Å². The summed E-state index contributed by atoms with van der Waals surface area (Å²) in [5.74, 6) is 0. The lowest BCUT2D eigenvalue weighted by atomic mass is 9.93. The Kier molecular flexibility index (Phi) is 5.39. The molecule has 0 saturated heterocycles. The molecule has 2 heteroatoms. The van der Waals surface area contributed by atoms with Crippen LogP contribution in [0.2, 0.25) is 0 Å². The number of rotatable bonds is 4. The maximum absolute atomic E-state index is 6.35. The normalized spacial score (nSPS) is 11.5. The number of para-hydroxylation sites is 2. The number of benzene rings is 7. The first-order valence-corrected chi connectivity index (χ1v) is 14.0. The van der Waals surface area contributed by atoms with Crippen molar-refractivity contribution in [2.75, 3.05) is 4.90 Å². The summed E-state index contributed by atoms with van der Waals surface area (Å²) in [5, 5.41) is 7.18. The van der Waals surface area contributed by atoms with Gasteiger partial charge in [-0.25, -0.2) is 0 Å². The molecule has 8 rings (SSSR count). The Morgan fingerprint density at radius 2 is 1.15 bits per heavy atom. The molecule has 0 amide bonds. The Labute approximate surface area is 238 Å². The maximum atomic E-state index is 6.35. The van der Waals surface area contributed by atoms with Gasteiger partial charge in [0.2, 0.25) is 0 Å². The summed E-state index contributed by atoms with van der Waals surface area (Å²) in [5.41, 5.74) is 8.72. The minimum atomic E-state index is 0.885. The molecule has 0 aliphatic heterocycles. The number of hydrogen-bond donors (Lipinski definition) is 0. The van der Waals surface area contributed by atoms with Crippen LogP contribution in [0.5, 0.6) is 0 Å². The van der Waals surface area contributed by atoms with Crippen molar-refractivity contribution in [3.8, 4) is 11.1 Å². The quantitative estimate of drug-likeness (QED) is 0.227. The molecule has 0 bridgehead atoms. The molecule has 0 atom stereocenters. The third kappa shape index (κ3) is 3.88. The van der Waals surface area contributed by atoms with Crippen LogP contribution < -0.4 is 4.90 Å². The van der Waals surface area contributed by atoms with Gasteiger partial charge in [-0.05, 0) is 76.0 Å². The second-order valence-corrected chi connectivity index (χ2v) is 10.6. The van der Waals surface area contributed by atoms with Crippen molar-refractivity contribution < 1.29 is 4.42 Å². The van der Waals surface area contributed by atoms with Crippen LogP contribution in [0.15, 0.2) is 150 Å². The molecule has 8 aromatic rings. The van der Waals surface area contributed by atoms with E-state index in [4.69, 9.17) is 4.42 Å². The Morgan fingerprint density at radius 3 is 2.02 bits per heavy atom. The van der Waals surface area contributed by atoms with E-state index in [1.165, 1.54) is 38.2 Å². The molecule has 194 valence electrons. The number of hydrogen-bond acceptors (Lipinski definition) is 2. The fourth-order valence-electron chi connectivity index (χ4n) is 6.17. The fourth-order valence-corrected chi connectivity index (χ4v) is 6.17. The molecule has 0 aliphatic carbocycles. The highest BCUT2D eigenvalue weighted by Crippen LogP contribution is 2.46. The first-order chi connectivity index (χ1) is 20.2. The van der Waals surface area contributed by atoms with Crippen molar-refractivity contribution in [2.45, 2.75) is 6.92 Å². The average molecular weight is 526 g/mol. The van der Waals surface area contributed by atoms with Gasteiger partial charge < -0.3 is 9.32 Å². The predicted molar refractivity (Wildman–Crippen MR) is 174 cm³/mol. The summed E-state index contributed by atoms with van der Waals surface area (Å²) >= 11 is 0. The van der Waals surface area contributed by atoms with Crippen LogP contribution in [-0.4, -0.2) is 0 Å². The summed E-state index contributed by atoms with van der Waals surface area (Å²) in [6.07, 6.45) is 0. The summed E-state index contributed by atoms with van der Waals surface area (Å²) < 4.78 is 6.35. The topological polar surface area (TPSA) is 16.4 Å². The van der Waals surface area contributed by atoms with E-state index in [9.17, 15) is 0 Å². The summed E-state index contributed by atoms with van der Waals surface area (Å²) in [6.45, 7) is 2.18. The van der Waals surface area contributed by atoms with Gasteiger partial charge >= 0.3 is 0 Å². The number of anilines is 3. The van der Waals surface area contributed by atoms with Gasteiger partial charge in [0.15, 0.2) is 0 Å². The minimum absolute atomic E-state index is 0.885. The Morgan fingerprint density at radius 1 is 0.463 bits per heavy atom. The predicted octanol–water partition coefficient (Wildman–Crippen LogP) is 11.3. The van der Waals surface area contributed by atoms with Crippen LogP contribution in [0.3, 0.4) is 0 Å². The molecule has 1 aromatic heterocycles. The largest absolute Gasteiger partial charge is 0.456 e. The van der Waals surface area contributed by atoms with Crippen LogP contribution in [0.4, 0.5) is 17.1 Å². The van der Waals surface area contributed by atoms with Crippen LogP contribution in [0.25, 0.3) is 54.6 Å². The second kappa shape index (κ2) is 9.39. The number of nitrogens with zero attached hydrogens (tertiary/aromatic N) is 1. The number of furan rings is 1. The first-order valence-electron chi connectivity index (χ1n) is 14.0. The smallest absolute Gasteiger partial charge is 0.137 e. The molecule has 1 heterocycles. The van der Waals surface area contributed by atoms with Crippen molar-refractivity contribution >= 4 is 60.5 Å². The van der Waals surface area contributed by atoms with Crippen LogP contribution in [0.1, 0.15) is 5.56 Å². The van der Waals surface area contributed by atoms with E-state index in [-0.39, 0.29) is 0 Å². The summed E-state index contributed by atoms with van der Waals surface area (Å²) in [4.78, 5) is 2.39. The monoisotopic (exact) mass is 525 g/mol.